The van der Waals surface area contributed by atoms with Crippen LogP contribution in [0, 0.1) is 6.92 Å². The van der Waals surface area contributed by atoms with E-state index in [1.54, 1.807) is 0 Å². The third kappa shape index (κ3) is 3.68. The van der Waals surface area contributed by atoms with Gasteiger partial charge in [-0.1, -0.05) is 5.16 Å². The highest BCUT2D eigenvalue weighted by molar-refractivity contribution is 5.48. The third-order valence-corrected chi connectivity index (χ3v) is 3.26. The topological polar surface area (TPSA) is 88.8 Å². The number of anilines is 2. The molecule has 0 amide bonds. The first-order chi connectivity index (χ1) is 10.2. The minimum Gasteiger partial charge on any atom is -0.370 e. The number of nitrogens with zero attached hydrogens (tertiary/aromatic N) is 4. The lowest BCUT2D eigenvalue weighted by molar-refractivity contribution is 0.377. The lowest BCUT2D eigenvalue weighted by Gasteiger charge is -2.09. The molecular formula is C14H20N6O. The van der Waals surface area contributed by atoms with Crippen LogP contribution in [0.15, 0.2) is 10.6 Å². The van der Waals surface area contributed by atoms with Crippen molar-refractivity contribution in [3.8, 4) is 0 Å². The molecule has 2 heterocycles. The lowest BCUT2D eigenvalue weighted by atomic mass is 10.3. The molecule has 3 rings (SSSR count). The van der Waals surface area contributed by atoms with Gasteiger partial charge in [0, 0.05) is 31.5 Å². The predicted molar refractivity (Wildman–Crippen MR) is 79.4 cm³/mol. The van der Waals surface area contributed by atoms with E-state index in [4.69, 9.17) is 4.52 Å². The first-order valence-corrected chi connectivity index (χ1v) is 7.40. The molecule has 21 heavy (non-hydrogen) atoms. The minimum absolute atomic E-state index is 0.530. The minimum atomic E-state index is 0.530. The summed E-state index contributed by atoms with van der Waals surface area (Å²) in [4.78, 5) is 13.3. The number of hydrogen-bond donors (Lipinski definition) is 2. The highest BCUT2D eigenvalue weighted by Crippen LogP contribution is 2.38. The summed E-state index contributed by atoms with van der Waals surface area (Å²) in [5.41, 5.74) is 0. The molecule has 2 aromatic heterocycles. The van der Waals surface area contributed by atoms with E-state index < -0.39 is 0 Å². The Morgan fingerprint density at radius 3 is 2.57 bits per heavy atom. The Labute approximate surface area is 123 Å². The molecule has 112 valence electrons. The van der Waals surface area contributed by atoms with Crippen LogP contribution in [-0.2, 0) is 6.42 Å². The summed E-state index contributed by atoms with van der Waals surface area (Å²) in [5.74, 6) is 4.50. The van der Waals surface area contributed by atoms with Crippen molar-refractivity contribution < 1.29 is 4.52 Å². The van der Waals surface area contributed by atoms with Gasteiger partial charge in [-0.15, -0.1) is 0 Å². The van der Waals surface area contributed by atoms with Gasteiger partial charge in [-0.3, -0.25) is 0 Å². The first kappa shape index (κ1) is 13.8. The Kier molecular flexibility index (Phi) is 3.98. The molecule has 7 nitrogen and oxygen atoms in total. The lowest BCUT2D eigenvalue weighted by Crippen LogP contribution is -2.10. The van der Waals surface area contributed by atoms with E-state index in [-0.39, 0.29) is 0 Å². The van der Waals surface area contributed by atoms with Gasteiger partial charge in [0.15, 0.2) is 5.82 Å². The molecule has 7 heteroatoms. The molecule has 1 saturated carbocycles. The summed E-state index contributed by atoms with van der Waals surface area (Å²) in [6, 6.07) is 1.94. The number of aryl methyl sites for hydroxylation is 1. The molecule has 0 unspecified atom stereocenters. The Hall–Kier alpha value is -2.18. The van der Waals surface area contributed by atoms with Crippen molar-refractivity contribution in [2.24, 2.45) is 0 Å². The van der Waals surface area contributed by atoms with E-state index in [1.807, 2.05) is 13.0 Å². The maximum absolute atomic E-state index is 5.09. The van der Waals surface area contributed by atoms with Gasteiger partial charge in [-0.05, 0) is 26.7 Å². The molecule has 1 fully saturated rings. The van der Waals surface area contributed by atoms with Crippen molar-refractivity contribution in [2.45, 2.75) is 39.0 Å². The van der Waals surface area contributed by atoms with Gasteiger partial charge in [-0.25, -0.2) is 9.97 Å². The average molecular weight is 288 g/mol. The zero-order valence-corrected chi connectivity index (χ0v) is 12.4. The quantitative estimate of drug-likeness (QED) is 0.806. The number of rotatable bonds is 7. The highest BCUT2D eigenvalue weighted by Gasteiger charge is 2.27. The van der Waals surface area contributed by atoms with Crippen molar-refractivity contribution in [2.75, 3.05) is 23.7 Å². The second-order valence-corrected chi connectivity index (χ2v) is 5.21. The largest absolute Gasteiger partial charge is 0.370 e. The van der Waals surface area contributed by atoms with Crippen LogP contribution in [0.2, 0.25) is 0 Å². The van der Waals surface area contributed by atoms with E-state index in [2.05, 4.69) is 37.7 Å². The number of nitrogens with one attached hydrogen (secondary N) is 2. The van der Waals surface area contributed by atoms with Gasteiger partial charge in [0.05, 0.1) is 0 Å². The summed E-state index contributed by atoms with van der Waals surface area (Å²) in [5, 5.41) is 10.3. The van der Waals surface area contributed by atoms with Crippen LogP contribution < -0.4 is 10.6 Å². The van der Waals surface area contributed by atoms with Gasteiger partial charge in [0.1, 0.15) is 17.5 Å². The van der Waals surface area contributed by atoms with Crippen LogP contribution in [0.25, 0.3) is 0 Å². The van der Waals surface area contributed by atoms with Crippen molar-refractivity contribution in [1.82, 2.24) is 20.1 Å². The first-order valence-electron chi connectivity index (χ1n) is 7.40. The predicted octanol–water partition coefficient (Wildman–Crippen LogP) is 2.13. The van der Waals surface area contributed by atoms with Crippen LogP contribution in [0.4, 0.5) is 11.6 Å². The monoisotopic (exact) mass is 288 g/mol. The zero-order valence-electron chi connectivity index (χ0n) is 12.4. The molecule has 0 spiro atoms. The molecule has 2 aromatic rings. The smallest absolute Gasteiger partial charge is 0.228 e. The molecule has 0 radical (unpaired) electrons. The zero-order chi connectivity index (χ0) is 14.7. The number of aromatic nitrogens is 4. The maximum atomic E-state index is 5.09. The molecular weight excluding hydrogens is 268 g/mol. The van der Waals surface area contributed by atoms with Crippen LogP contribution >= 0.6 is 0 Å². The molecule has 1 aliphatic carbocycles. The van der Waals surface area contributed by atoms with E-state index in [1.165, 1.54) is 12.8 Å². The Morgan fingerprint density at radius 2 is 1.95 bits per heavy atom. The fourth-order valence-corrected chi connectivity index (χ4v) is 2.09. The summed E-state index contributed by atoms with van der Waals surface area (Å²) in [6.45, 7) is 5.43. The van der Waals surface area contributed by atoms with Crippen LogP contribution in [0.1, 0.15) is 43.2 Å². The van der Waals surface area contributed by atoms with Crippen molar-refractivity contribution in [1.29, 1.82) is 0 Å². The summed E-state index contributed by atoms with van der Waals surface area (Å²) in [7, 11) is 0. The van der Waals surface area contributed by atoms with Crippen molar-refractivity contribution >= 4 is 11.6 Å². The van der Waals surface area contributed by atoms with Crippen LogP contribution in [0.3, 0.4) is 0 Å². The second-order valence-electron chi connectivity index (χ2n) is 5.21. The van der Waals surface area contributed by atoms with E-state index in [0.717, 1.165) is 24.0 Å². The second kappa shape index (κ2) is 6.07. The molecule has 0 saturated heterocycles. The van der Waals surface area contributed by atoms with Crippen LogP contribution in [-0.4, -0.2) is 33.2 Å². The fraction of sp³-hybridized carbons (Fsp3) is 0.571. The normalized spacial score (nSPS) is 14.2. The third-order valence-electron chi connectivity index (χ3n) is 3.26. The summed E-state index contributed by atoms with van der Waals surface area (Å²) >= 11 is 0. The molecule has 0 aliphatic heterocycles. The maximum Gasteiger partial charge on any atom is 0.228 e. The van der Waals surface area contributed by atoms with Gasteiger partial charge in [-0.2, -0.15) is 4.98 Å². The molecule has 0 atom stereocenters. The van der Waals surface area contributed by atoms with Gasteiger partial charge < -0.3 is 15.2 Å². The summed E-state index contributed by atoms with van der Waals surface area (Å²) < 4.78 is 5.09. The highest BCUT2D eigenvalue weighted by atomic mass is 16.5. The SMILES string of the molecule is CCNc1cc(NCCc2nc(C)no2)nc(C2CC2)n1. The van der Waals surface area contributed by atoms with Crippen LogP contribution in [0.5, 0.6) is 0 Å². The molecule has 2 N–H and O–H groups in total. The molecule has 0 aromatic carbocycles. The average Bonchev–Trinajstić information content (AvgIpc) is 3.23. The van der Waals surface area contributed by atoms with E-state index in [0.29, 0.717) is 30.6 Å². The van der Waals surface area contributed by atoms with E-state index >= 15 is 0 Å². The summed E-state index contributed by atoms with van der Waals surface area (Å²) in [6.07, 6.45) is 3.06. The molecule has 1 aliphatic rings. The van der Waals surface area contributed by atoms with Crippen molar-refractivity contribution in [3.05, 3.63) is 23.6 Å². The Morgan fingerprint density at radius 1 is 1.19 bits per heavy atom. The van der Waals surface area contributed by atoms with Gasteiger partial charge >= 0.3 is 0 Å². The fourth-order valence-electron chi connectivity index (χ4n) is 2.09. The van der Waals surface area contributed by atoms with Gasteiger partial charge in [0.2, 0.25) is 5.89 Å². The number of hydrogen-bond acceptors (Lipinski definition) is 7. The Bertz CT molecular complexity index is 607. The van der Waals surface area contributed by atoms with E-state index in [9.17, 15) is 0 Å². The standard InChI is InChI=1S/C14H20N6O/c1-3-15-11-8-12(19-14(18-11)10-4-5-10)16-7-6-13-17-9(2)20-21-13/h8,10H,3-7H2,1-2H3,(H2,15,16,18,19). The Balaban J connectivity index is 1.63. The van der Waals surface area contributed by atoms with Gasteiger partial charge in [0.25, 0.3) is 0 Å². The molecule has 0 bridgehead atoms. The van der Waals surface area contributed by atoms with Crippen molar-refractivity contribution in [3.63, 3.8) is 0 Å².